The summed E-state index contributed by atoms with van der Waals surface area (Å²) in [5, 5.41) is 5.00. The summed E-state index contributed by atoms with van der Waals surface area (Å²) < 4.78 is 6.52. The van der Waals surface area contributed by atoms with Crippen LogP contribution in [0.5, 0.6) is 5.75 Å². The molecule has 1 N–H and O–H groups in total. The van der Waals surface area contributed by atoms with Gasteiger partial charge in [0, 0.05) is 44.8 Å². The van der Waals surface area contributed by atoms with E-state index in [1.807, 2.05) is 40.6 Å². The number of rotatable bonds is 5. The molecule has 0 saturated carbocycles. The molecule has 1 aromatic carbocycles. The first-order valence-electron chi connectivity index (χ1n) is 10.8. The fourth-order valence-electron chi connectivity index (χ4n) is 4.52. The Morgan fingerprint density at radius 3 is 2.67 bits per heavy atom. The number of amides is 2. The zero-order chi connectivity index (χ0) is 21.1. The molecule has 0 aliphatic carbocycles. The van der Waals surface area contributed by atoms with Crippen LogP contribution in [0, 0.1) is 5.92 Å². The predicted molar refractivity (Wildman–Crippen MR) is 119 cm³/mol. The highest BCUT2D eigenvalue weighted by Gasteiger charge is 2.44. The number of benzene rings is 1. The molecule has 2 amide bonds. The third-order valence-corrected chi connectivity index (χ3v) is 6.99. The number of nitrogens with zero attached hydrogens (tertiary/aromatic N) is 1. The zero-order valence-electron chi connectivity index (χ0n) is 17.7. The maximum atomic E-state index is 12.7. The Labute approximate surface area is 182 Å². The van der Waals surface area contributed by atoms with E-state index in [4.69, 9.17) is 4.74 Å². The smallest absolute Gasteiger partial charge is 0.263 e. The molecular formula is C24H30N2O3S. The van der Waals surface area contributed by atoms with E-state index in [1.165, 1.54) is 11.3 Å². The third-order valence-electron chi connectivity index (χ3n) is 6.14. The maximum absolute atomic E-state index is 12.7. The molecule has 4 rings (SSSR count). The number of ether oxygens (including phenoxy) is 1. The van der Waals surface area contributed by atoms with Crippen LogP contribution in [-0.4, -0.2) is 41.9 Å². The summed E-state index contributed by atoms with van der Waals surface area (Å²) in [4.78, 5) is 28.0. The van der Waals surface area contributed by atoms with Gasteiger partial charge in [-0.15, -0.1) is 11.3 Å². The standard InChI is InChI=1S/C24H30N2O3S/c1-17(2)16-25-22(27)14-18-15-24(29-20-7-4-3-6-19(18)20)9-11-26(12-10-24)23(28)21-8-5-13-30-21/h3-8,13,17-18H,9-12,14-16H2,1-2H3,(H,25,27)/t18-/m0/s1. The summed E-state index contributed by atoms with van der Waals surface area (Å²) in [5.41, 5.74) is 0.823. The topological polar surface area (TPSA) is 58.6 Å². The molecule has 1 spiro atoms. The van der Waals surface area contributed by atoms with Gasteiger partial charge in [-0.25, -0.2) is 0 Å². The molecule has 6 heteroatoms. The number of hydrogen-bond acceptors (Lipinski definition) is 4. The van der Waals surface area contributed by atoms with Crippen LogP contribution in [0.4, 0.5) is 0 Å². The molecule has 0 unspecified atom stereocenters. The van der Waals surface area contributed by atoms with Gasteiger partial charge in [0.05, 0.1) is 4.88 Å². The molecule has 2 aliphatic heterocycles. The molecule has 2 aliphatic rings. The molecule has 0 radical (unpaired) electrons. The van der Waals surface area contributed by atoms with Crippen LogP contribution in [0.2, 0.25) is 0 Å². The molecule has 1 atom stereocenters. The van der Waals surface area contributed by atoms with E-state index in [-0.39, 0.29) is 23.3 Å². The van der Waals surface area contributed by atoms with E-state index in [0.29, 0.717) is 32.0 Å². The van der Waals surface area contributed by atoms with Gasteiger partial charge in [0.1, 0.15) is 11.4 Å². The van der Waals surface area contributed by atoms with E-state index < -0.39 is 0 Å². The number of fused-ring (bicyclic) bond motifs is 1. The lowest BCUT2D eigenvalue weighted by atomic mass is 9.76. The number of hydrogen-bond donors (Lipinski definition) is 1. The molecule has 3 heterocycles. The van der Waals surface area contributed by atoms with Crippen molar-refractivity contribution >= 4 is 23.2 Å². The highest BCUT2D eigenvalue weighted by Crippen LogP contribution is 2.46. The van der Waals surface area contributed by atoms with E-state index in [0.717, 1.165) is 35.5 Å². The van der Waals surface area contributed by atoms with E-state index in [2.05, 4.69) is 25.2 Å². The minimum atomic E-state index is -0.302. The second-order valence-corrected chi connectivity index (χ2v) is 9.84. The van der Waals surface area contributed by atoms with Crippen LogP contribution in [0.15, 0.2) is 41.8 Å². The number of piperidine rings is 1. The minimum Gasteiger partial charge on any atom is -0.487 e. The lowest BCUT2D eigenvalue weighted by Crippen LogP contribution is -2.52. The lowest BCUT2D eigenvalue weighted by Gasteiger charge is -2.46. The van der Waals surface area contributed by atoms with Crippen molar-refractivity contribution in [3.8, 4) is 5.75 Å². The fourth-order valence-corrected chi connectivity index (χ4v) is 5.21. The second-order valence-electron chi connectivity index (χ2n) is 8.90. The Morgan fingerprint density at radius 1 is 1.20 bits per heavy atom. The van der Waals surface area contributed by atoms with Gasteiger partial charge in [0.25, 0.3) is 5.91 Å². The Balaban J connectivity index is 1.46. The van der Waals surface area contributed by atoms with Gasteiger partial charge in [-0.3, -0.25) is 9.59 Å². The van der Waals surface area contributed by atoms with Crippen LogP contribution < -0.4 is 10.1 Å². The largest absolute Gasteiger partial charge is 0.487 e. The highest BCUT2D eigenvalue weighted by atomic mass is 32.1. The molecule has 2 aromatic rings. The molecule has 1 aromatic heterocycles. The zero-order valence-corrected chi connectivity index (χ0v) is 18.5. The number of nitrogens with one attached hydrogen (secondary N) is 1. The monoisotopic (exact) mass is 426 g/mol. The Hall–Kier alpha value is -2.34. The Kier molecular flexibility index (Phi) is 6.14. The number of thiophene rings is 1. The maximum Gasteiger partial charge on any atom is 0.263 e. The van der Waals surface area contributed by atoms with Crippen LogP contribution >= 0.6 is 11.3 Å². The Bertz CT molecular complexity index is 886. The molecule has 1 fully saturated rings. The number of carbonyl (C=O) groups is 2. The van der Waals surface area contributed by atoms with Crippen LogP contribution in [0.3, 0.4) is 0 Å². The number of para-hydroxylation sites is 1. The SMILES string of the molecule is CC(C)CNC(=O)C[C@H]1CC2(CCN(C(=O)c3cccs3)CC2)Oc2ccccc21. The van der Waals surface area contributed by atoms with Gasteiger partial charge < -0.3 is 15.0 Å². The lowest BCUT2D eigenvalue weighted by molar-refractivity contribution is -0.122. The van der Waals surface area contributed by atoms with E-state index in [1.54, 1.807) is 0 Å². The Morgan fingerprint density at radius 2 is 1.97 bits per heavy atom. The van der Waals surface area contributed by atoms with Crippen molar-refractivity contribution in [3.63, 3.8) is 0 Å². The molecule has 0 bridgehead atoms. The quantitative estimate of drug-likeness (QED) is 0.768. The van der Waals surface area contributed by atoms with Gasteiger partial charge in [0.15, 0.2) is 0 Å². The van der Waals surface area contributed by atoms with Crippen molar-refractivity contribution in [1.82, 2.24) is 10.2 Å². The first kappa shape index (κ1) is 20.9. The summed E-state index contributed by atoms with van der Waals surface area (Å²) in [6.07, 6.45) is 2.89. The summed E-state index contributed by atoms with van der Waals surface area (Å²) >= 11 is 1.49. The molecular weight excluding hydrogens is 396 g/mol. The van der Waals surface area contributed by atoms with Gasteiger partial charge in [-0.05, 0) is 35.4 Å². The molecule has 1 saturated heterocycles. The minimum absolute atomic E-state index is 0.103. The van der Waals surface area contributed by atoms with Crippen LogP contribution in [0.1, 0.15) is 60.7 Å². The van der Waals surface area contributed by atoms with Crippen molar-refractivity contribution < 1.29 is 14.3 Å². The normalized spacial score (nSPS) is 20.0. The van der Waals surface area contributed by atoms with Crippen molar-refractivity contribution in [2.75, 3.05) is 19.6 Å². The predicted octanol–water partition coefficient (Wildman–Crippen LogP) is 4.45. The molecule has 160 valence electrons. The average Bonchev–Trinajstić information content (AvgIpc) is 3.27. The summed E-state index contributed by atoms with van der Waals surface area (Å²) in [6.45, 7) is 6.28. The van der Waals surface area contributed by atoms with Gasteiger partial charge in [0.2, 0.25) is 5.91 Å². The average molecular weight is 427 g/mol. The first-order chi connectivity index (χ1) is 14.5. The van der Waals surface area contributed by atoms with E-state index in [9.17, 15) is 9.59 Å². The number of carbonyl (C=O) groups excluding carboxylic acids is 2. The van der Waals surface area contributed by atoms with Crippen LogP contribution in [0.25, 0.3) is 0 Å². The van der Waals surface area contributed by atoms with Gasteiger partial charge >= 0.3 is 0 Å². The summed E-state index contributed by atoms with van der Waals surface area (Å²) in [7, 11) is 0. The van der Waals surface area contributed by atoms with Gasteiger partial charge in [-0.2, -0.15) is 0 Å². The van der Waals surface area contributed by atoms with Crippen molar-refractivity contribution in [1.29, 1.82) is 0 Å². The molecule has 30 heavy (non-hydrogen) atoms. The number of likely N-dealkylation sites (tertiary alicyclic amines) is 1. The van der Waals surface area contributed by atoms with Crippen molar-refractivity contribution in [3.05, 3.63) is 52.2 Å². The van der Waals surface area contributed by atoms with Crippen molar-refractivity contribution in [2.45, 2.75) is 51.0 Å². The third kappa shape index (κ3) is 4.53. The second kappa shape index (κ2) is 8.80. The first-order valence-corrected chi connectivity index (χ1v) is 11.7. The molecule has 5 nitrogen and oxygen atoms in total. The summed E-state index contributed by atoms with van der Waals surface area (Å²) in [6, 6.07) is 11.9. The van der Waals surface area contributed by atoms with Crippen LogP contribution in [-0.2, 0) is 4.79 Å². The fraction of sp³-hybridized carbons (Fsp3) is 0.500. The van der Waals surface area contributed by atoms with Gasteiger partial charge in [-0.1, -0.05) is 38.1 Å². The van der Waals surface area contributed by atoms with E-state index >= 15 is 0 Å². The van der Waals surface area contributed by atoms with Crippen molar-refractivity contribution in [2.24, 2.45) is 5.92 Å². The highest BCUT2D eigenvalue weighted by molar-refractivity contribution is 7.12. The summed E-state index contributed by atoms with van der Waals surface area (Å²) in [5.74, 6) is 1.68.